The summed E-state index contributed by atoms with van der Waals surface area (Å²) in [6, 6.07) is 2.02. The van der Waals surface area contributed by atoms with Gasteiger partial charge in [-0.2, -0.15) is 13.2 Å². The highest BCUT2D eigenvalue weighted by Crippen LogP contribution is 2.38. The third-order valence-electron chi connectivity index (χ3n) is 3.73. The lowest BCUT2D eigenvalue weighted by Crippen LogP contribution is -2.38. The highest BCUT2D eigenvalue weighted by Gasteiger charge is 2.35. The minimum atomic E-state index is -4.43. The lowest BCUT2D eigenvalue weighted by molar-refractivity contribution is -0.137. The quantitative estimate of drug-likeness (QED) is 0.740. The van der Waals surface area contributed by atoms with Crippen LogP contribution in [0.15, 0.2) is 12.1 Å². The van der Waals surface area contributed by atoms with Gasteiger partial charge in [-0.1, -0.05) is 11.6 Å². The Bertz CT molecular complexity index is 492. The predicted octanol–water partition coefficient (Wildman–Crippen LogP) is 4.01. The largest absolute Gasteiger partial charge is 0.416 e. The van der Waals surface area contributed by atoms with E-state index in [0.29, 0.717) is 19.1 Å². The maximum atomic E-state index is 12.9. The Hall–Kier alpha value is -1.01. The molecule has 1 fully saturated rings. The van der Waals surface area contributed by atoms with Gasteiger partial charge in [0, 0.05) is 19.7 Å². The molecule has 0 spiro atoms. The number of anilines is 1. The summed E-state index contributed by atoms with van der Waals surface area (Å²) in [4.78, 5) is 5.92. The summed E-state index contributed by atoms with van der Waals surface area (Å²) >= 11 is 5.77. The van der Waals surface area contributed by atoms with Crippen molar-refractivity contribution < 1.29 is 17.9 Å². The monoisotopic (exact) mass is 322 g/mol. The van der Waals surface area contributed by atoms with Crippen LogP contribution in [0.2, 0.25) is 5.15 Å². The fourth-order valence-corrected chi connectivity index (χ4v) is 2.55. The highest BCUT2D eigenvalue weighted by atomic mass is 35.5. The van der Waals surface area contributed by atoms with Crippen molar-refractivity contribution in [2.45, 2.75) is 32.0 Å². The molecule has 2 rings (SSSR count). The molecule has 0 radical (unpaired) electrons. The zero-order valence-corrected chi connectivity index (χ0v) is 12.7. The van der Waals surface area contributed by atoms with E-state index in [0.717, 1.165) is 25.0 Å². The van der Waals surface area contributed by atoms with Crippen LogP contribution in [0.25, 0.3) is 0 Å². The zero-order valence-electron chi connectivity index (χ0n) is 12.0. The SMILES string of the molecule is COCCN(c1cc(C(F)(F)F)cc(Cl)n1)C(C)C1CC1. The van der Waals surface area contributed by atoms with E-state index in [1.807, 2.05) is 11.8 Å². The van der Waals surface area contributed by atoms with E-state index >= 15 is 0 Å². The van der Waals surface area contributed by atoms with Crippen molar-refractivity contribution in [3.63, 3.8) is 0 Å². The van der Waals surface area contributed by atoms with E-state index in [9.17, 15) is 13.2 Å². The van der Waals surface area contributed by atoms with Gasteiger partial charge in [0.2, 0.25) is 0 Å². The zero-order chi connectivity index (χ0) is 15.6. The first-order chi connectivity index (χ1) is 9.82. The van der Waals surface area contributed by atoms with Crippen molar-refractivity contribution >= 4 is 17.4 Å². The molecule has 1 atom stereocenters. The predicted molar refractivity (Wildman–Crippen MR) is 75.7 cm³/mol. The Morgan fingerprint density at radius 2 is 2.10 bits per heavy atom. The van der Waals surface area contributed by atoms with Crippen LogP contribution in [0.3, 0.4) is 0 Å². The topological polar surface area (TPSA) is 25.4 Å². The van der Waals surface area contributed by atoms with Crippen molar-refractivity contribution in [2.75, 3.05) is 25.2 Å². The van der Waals surface area contributed by atoms with Crippen LogP contribution in [-0.2, 0) is 10.9 Å². The third kappa shape index (κ3) is 4.23. The summed E-state index contributed by atoms with van der Waals surface area (Å²) in [5.41, 5.74) is -0.775. The second kappa shape index (κ2) is 6.40. The number of pyridine rings is 1. The van der Waals surface area contributed by atoms with Crippen molar-refractivity contribution in [2.24, 2.45) is 5.92 Å². The summed E-state index contributed by atoms with van der Waals surface area (Å²) in [5, 5.41) is -0.148. The molecule has 1 aliphatic carbocycles. The van der Waals surface area contributed by atoms with Crippen LogP contribution in [0, 0.1) is 5.92 Å². The van der Waals surface area contributed by atoms with Crippen LogP contribution < -0.4 is 4.90 Å². The summed E-state index contributed by atoms with van der Waals surface area (Å²) in [5.74, 6) is 0.753. The Balaban J connectivity index is 2.31. The number of nitrogens with zero attached hydrogens (tertiary/aromatic N) is 2. The van der Waals surface area contributed by atoms with Gasteiger partial charge >= 0.3 is 6.18 Å². The number of aromatic nitrogens is 1. The molecule has 21 heavy (non-hydrogen) atoms. The second-order valence-electron chi connectivity index (χ2n) is 5.30. The van der Waals surface area contributed by atoms with E-state index < -0.39 is 11.7 Å². The van der Waals surface area contributed by atoms with Gasteiger partial charge in [0.25, 0.3) is 0 Å². The molecule has 0 bridgehead atoms. The number of alkyl halides is 3. The van der Waals surface area contributed by atoms with Crippen LogP contribution in [0.5, 0.6) is 0 Å². The minimum Gasteiger partial charge on any atom is -0.383 e. The van der Waals surface area contributed by atoms with Gasteiger partial charge in [0.1, 0.15) is 11.0 Å². The Morgan fingerprint density at radius 1 is 1.43 bits per heavy atom. The van der Waals surface area contributed by atoms with Crippen molar-refractivity contribution in [1.29, 1.82) is 0 Å². The molecule has 0 aromatic carbocycles. The highest BCUT2D eigenvalue weighted by molar-refractivity contribution is 6.29. The Kier molecular flexibility index (Phi) is 4.99. The average Bonchev–Trinajstić information content (AvgIpc) is 3.21. The fourth-order valence-electron chi connectivity index (χ4n) is 2.34. The molecule has 0 N–H and O–H groups in total. The summed E-state index contributed by atoms with van der Waals surface area (Å²) in [7, 11) is 1.56. The molecule has 1 saturated carbocycles. The molecule has 1 heterocycles. The first-order valence-corrected chi connectivity index (χ1v) is 7.21. The average molecular weight is 323 g/mol. The van der Waals surface area contributed by atoms with E-state index in [2.05, 4.69) is 4.98 Å². The summed E-state index contributed by atoms with van der Waals surface area (Å²) < 4.78 is 43.8. The van der Waals surface area contributed by atoms with Gasteiger partial charge in [-0.15, -0.1) is 0 Å². The van der Waals surface area contributed by atoms with E-state index in [4.69, 9.17) is 16.3 Å². The molecule has 118 valence electrons. The van der Waals surface area contributed by atoms with Crippen molar-refractivity contribution in [3.05, 3.63) is 22.8 Å². The summed E-state index contributed by atoms with van der Waals surface area (Å²) in [6.07, 6.45) is -2.24. The number of hydrogen-bond donors (Lipinski definition) is 0. The van der Waals surface area contributed by atoms with E-state index in [1.165, 1.54) is 0 Å². The van der Waals surface area contributed by atoms with Gasteiger partial charge < -0.3 is 9.64 Å². The van der Waals surface area contributed by atoms with Crippen molar-refractivity contribution in [1.82, 2.24) is 4.98 Å². The molecule has 0 amide bonds. The molecule has 7 heteroatoms. The van der Waals surface area contributed by atoms with Gasteiger partial charge in [-0.25, -0.2) is 4.98 Å². The van der Waals surface area contributed by atoms with Crippen molar-refractivity contribution in [3.8, 4) is 0 Å². The van der Waals surface area contributed by atoms with Crippen LogP contribution >= 0.6 is 11.6 Å². The number of methoxy groups -OCH3 is 1. The smallest absolute Gasteiger partial charge is 0.383 e. The van der Waals surface area contributed by atoms with Gasteiger partial charge in [0.05, 0.1) is 12.2 Å². The minimum absolute atomic E-state index is 0.118. The van der Waals surface area contributed by atoms with Gasteiger partial charge in [-0.05, 0) is 37.8 Å². The third-order valence-corrected chi connectivity index (χ3v) is 3.93. The number of ether oxygens (including phenoxy) is 1. The molecule has 1 aliphatic rings. The van der Waals surface area contributed by atoms with Crippen LogP contribution in [0.1, 0.15) is 25.3 Å². The normalized spacial score (nSPS) is 16.9. The number of halogens is 4. The molecule has 1 aromatic heterocycles. The molecule has 1 unspecified atom stereocenters. The first-order valence-electron chi connectivity index (χ1n) is 6.83. The molecular weight excluding hydrogens is 305 g/mol. The Labute approximate surface area is 127 Å². The van der Waals surface area contributed by atoms with Gasteiger partial charge in [-0.3, -0.25) is 0 Å². The number of rotatable bonds is 6. The molecule has 0 aliphatic heterocycles. The maximum absolute atomic E-state index is 12.9. The molecule has 1 aromatic rings. The van der Waals surface area contributed by atoms with E-state index in [1.54, 1.807) is 7.11 Å². The van der Waals surface area contributed by atoms with Crippen LogP contribution in [-0.4, -0.2) is 31.3 Å². The first kappa shape index (κ1) is 16.4. The molecule has 3 nitrogen and oxygen atoms in total. The number of hydrogen-bond acceptors (Lipinski definition) is 3. The van der Waals surface area contributed by atoms with Gasteiger partial charge in [0.15, 0.2) is 0 Å². The lowest BCUT2D eigenvalue weighted by Gasteiger charge is -2.31. The van der Waals surface area contributed by atoms with Crippen LogP contribution in [0.4, 0.5) is 19.0 Å². The fraction of sp³-hybridized carbons (Fsp3) is 0.643. The summed E-state index contributed by atoms with van der Waals surface area (Å²) in [6.45, 7) is 2.91. The standard InChI is InChI=1S/C14H18ClF3N2O/c1-9(10-3-4-10)20(5-6-21-2)13-8-11(14(16,17)18)7-12(15)19-13/h7-10H,3-6H2,1-2H3. The Morgan fingerprint density at radius 3 is 2.62 bits per heavy atom. The molecular formula is C14H18ClF3N2O. The molecule has 0 saturated heterocycles. The lowest BCUT2D eigenvalue weighted by atomic mass is 10.1. The van der Waals surface area contributed by atoms with E-state index in [-0.39, 0.29) is 17.0 Å². The maximum Gasteiger partial charge on any atom is 0.416 e. The second-order valence-corrected chi connectivity index (χ2v) is 5.69.